The standard InChI is InChI=1S/C24H32F3N5O3/c1-14(2)32-21(34-18-8-6-7-17(11-18)24(25,26)27)29-20(30-32)28-19-15-9-10-16(19)13-31(12-15)22(33)35-23(3,4)5/h6-8,11,14-16,19H,9-10,12-13H2,1-5H3,(H,28,30)/t15-,16+,19?. The van der Waals surface area contributed by atoms with Crippen molar-refractivity contribution in [2.24, 2.45) is 11.8 Å². The number of nitrogens with one attached hydrogen (secondary N) is 1. The Hall–Kier alpha value is -2.98. The first-order valence-electron chi connectivity index (χ1n) is 11.9. The summed E-state index contributed by atoms with van der Waals surface area (Å²) in [5.74, 6) is 0.833. The monoisotopic (exact) mass is 495 g/mol. The Morgan fingerprint density at radius 1 is 1.14 bits per heavy atom. The average molecular weight is 496 g/mol. The highest BCUT2D eigenvalue weighted by molar-refractivity contribution is 5.68. The van der Waals surface area contributed by atoms with Gasteiger partial charge < -0.3 is 19.7 Å². The Morgan fingerprint density at radius 3 is 2.37 bits per heavy atom. The van der Waals surface area contributed by atoms with Crippen LogP contribution in [0.5, 0.6) is 11.8 Å². The maximum absolute atomic E-state index is 13.1. The summed E-state index contributed by atoms with van der Waals surface area (Å²) in [5.41, 5.74) is -1.34. The van der Waals surface area contributed by atoms with Crippen molar-refractivity contribution in [2.45, 2.75) is 71.3 Å². The molecule has 1 aromatic heterocycles. The van der Waals surface area contributed by atoms with Crippen molar-refractivity contribution in [3.63, 3.8) is 0 Å². The number of ether oxygens (including phenoxy) is 2. The quantitative estimate of drug-likeness (QED) is 0.571. The number of benzene rings is 1. The van der Waals surface area contributed by atoms with Crippen LogP contribution < -0.4 is 10.1 Å². The van der Waals surface area contributed by atoms with E-state index >= 15 is 0 Å². The van der Waals surface area contributed by atoms with Crippen molar-refractivity contribution in [3.8, 4) is 11.8 Å². The first-order valence-corrected chi connectivity index (χ1v) is 11.9. The van der Waals surface area contributed by atoms with E-state index in [-0.39, 0.29) is 41.8 Å². The van der Waals surface area contributed by atoms with Gasteiger partial charge >= 0.3 is 18.3 Å². The van der Waals surface area contributed by atoms with E-state index in [4.69, 9.17) is 9.47 Å². The lowest BCUT2D eigenvalue weighted by Gasteiger charge is -2.38. The lowest BCUT2D eigenvalue weighted by molar-refractivity contribution is -0.137. The largest absolute Gasteiger partial charge is 0.444 e. The maximum Gasteiger partial charge on any atom is 0.416 e. The highest BCUT2D eigenvalue weighted by atomic mass is 19.4. The zero-order valence-electron chi connectivity index (χ0n) is 20.6. The molecule has 192 valence electrons. The Morgan fingerprint density at radius 2 is 1.80 bits per heavy atom. The molecule has 35 heavy (non-hydrogen) atoms. The molecule has 2 fully saturated rings. The third-order valence-corrected chi connectivity index (χ3v) is 6.24. The third kappa shape index (κ3) is 5.82. The number of halogens is 3. The summed E-state index contributed by atoms with van der Waals surface area (Å²) in [6.45, 7) is 10.5. The van der Waals surface area contributed by atoms with E-state index in [1.54, 1.807) is 9.58 Å². The average Bonchev–Trinajstić information content (AvgIpc) is 3.22. The number of carbonyl (C=O) groups is 1. The first kappa shape index (κ1) is 25.1. The number of anilines is 1. The van der Waals surface area contributed by atoms with Gasteiger partial charge in [-0.05, 0) is 77.5 Å². The zero-order chi connectivity index (χ0) is 25.5. The summed E-state index contributed by atoms with van der Waals surface area (Å²) in [4.78, 5) is 18.8. The number of rotatable bonds is 5. The van der Waals surface area contributed by atoms with E-state index in [1.165, 1.54) is 12.1 Å². The third-order valence-electron chi connectivity index (χ3n) is 6.24. The van der Waals surface area contributed by atoms with Gasteiger partial charge in [0.2, 0.25) is 5.95 Å². The van der Waals surface area contributed by atoms with Crippen LogP contribution in [-0.2, 0) is 10.9 Å². The van der Waals surface area contributed by atoms with E-state index in [0.29, 0.717) is 19.0 Å². The van der Waals surface area contributed by atoms with Crippen molar-refractivity contribution < 1.29 is 27.4 Å². The summed E-state index contributed by atoms with van der Waals surface area (Å²) in [5, 5.41) is 7.92. The zero-order valence-corrected chi connectivity index (χ0v) is 20.6. The van der Waals surface area contributed by atoms with Crippen LogP contribution in [0.3, 0.4) is 0 Å². The minimum Gasteiger partial charge on any atom is -0.444 e. The highest BCUT2D eigenvalue weighted by Crippen LogP contribution is 2.39. The molecule has 2 heterocycles. The van der Waals surface area contributed by atoms with Gasteiger partial charge in [-0.25, -0.2) is 9.48 Å². The van der Waals surface area contributed by atoms with E-state index in [9.17, 15) is 18.0 Å². The Balaban J connectivity index is 1.48. The molecule has 1 unspecified atom stereocenters. The number of carbonyl (C=O) groups excluding carboxylic acids is 1. The molecule has 1 saturated carbocycles. The van der Waals surface area contributed by atoms with Crippen molar-refractivity contribution in [3.05, 3.63) is 29.8 Å². The Kier molecular flexibility index (Phi) is 6.63. The van der Waals surface area contributed by atoms with Crippen LogP contribution in [-0.4, -0.2) is 50.5 Å². The lowest BCUT2D eigenvalue weighted by Crippen LogP contribution is -2.51. The summed E-state index contributed by atoms with van der Waals surface area (Å²) in [7, 11) is 0. The predicted molar refractivity (Wildman–Crippen MR) is 123 cm³/mol. The Bertz CT molecular complexity index is 1050. The van der Waals surface area contributed by atoms with Crippen LogP contribution in [0, 0.1) is 11.8 Å². The SMILES string of the molecule is CC(C)n1nc(NC2[C@@H]3CC[C@H]2CN(C(=O)OC(C)(C)C)C3)nc1Oc1cccc(C(F)(F)F)c1. The van der Waals surface area contributed by atoms with Gasteiger partial charge in [0.15, 0.2) is 0 Å². The van der Waals surface area contributed by atoms with Gasteiger partial charge in [0.25, 0.3) is 0 Å². The first-order chi connectivity index (χ1) is 16.3. The molecule has 2 bridgehead atoms. The number of fused-ring (bicyclic) bond motifs is 2. The molecule has 1 N–H and O–H groups in total. The number of piperidine rings is 1. The van der Waals surface area contributed by atoms with Crippen LogP contribution in [0.15, 0.2) is 24.3 Å². The molecule has 4 rings (SSSR count). The number of aromatic nitrogens is 3. The van der Waals surface area contributed by atoms with Gasteiger partial charge in [0.1, 0.15) is 11.4 Å². The number of alkyl halides is 3. The van der Waals surface area contributed by atoms with Gasteiger partial charge in [-0.15, -0.1) is 5.10 Å². The number of likely N-dealkylation sites (tertiary alicyclic amines) is 1. The molecule has 0 spiro atoms. The minimum absolute atomic E-state index is 0.0337. The molecule has 1 aliphatic heterocycles. The molecule has 1 aliphatic carbocycles. The fourth-order valence-electron chi connectivity index (χ4n) is 4.70. The van der Waals surface area contributed by atoms with Crippen molar-refractivity contribution in [2.75, 3.05) is 18.4 Å². The van der Waals surface area contributed by atoms with Crippen LogP contribution in [0.2, 0.25) is 0 Å². The fraction of sp³-hybridized carbons (Fsp3) is 0.625. The second-order valence-electron chi connectivity index (χ2n) is 10.5. The van der Waals surface area contributed by atoms with E-state index in [1.807, 2.05) is 34.6 Å². The summed E-state index contributed by atoms with van der Waals surface area (Å²) < 4.78 is 52.1. The number of amides is 1. The van der Waals surface area contributed by atoms with Crippen molar-refractivity contribution in [1.82, 2.24) is 19.7 Å². The van der Waals surface area contributed by atoms with Crippen molar-refractivity contribution >= 4 is 12.0 Å². The molecule has 2 aromatic rings. The van der Waals surface area contributed by atoms with E-state index in [2.05, 4.69) is 15.4 Å². The summed E-state index contributed by atoms with van der Waals surface area (Å²) >= 11 is 0. The topological polar surface area (TPSA) is 81.5 Å². The molecular formula is C24H32F3N5O3. The smallest absolute Gasteiger partial charge is 0.416 e. The number of hydrogen-bond acceptors (Lipinski definition) is 6. The number of hydrogen-bond donors (Lipinski definition) is 1. The normalized spacial score (nSPS) is 22.4. The predicted octanol–water partition coefficient (Wildman–Crippen LogP) is 5.73. The molecule has 11 heteroatoms. The highest BCUT2D eigenvalue weighted by Gasteiger charge is 2.44. The van der Waals surface area contributed by atoms with Gasteiger partial charge in [0, 0.05) is 19.1 Å². The molecule has 0 radical (unpaired) electrons. The summed E-state index contributed by atoms with van der Waals surface area (Å²) in [6, 6.07) is 4.76. The molecule has 3 atom stereocenters. The van der Waals surface area contributed by atoms with Crippen LogP contribution in [0.25, 0.3) is 0 Å². The maximum atomic E-state index is 13.1. The van der Waals surface area contributed by atoms with Crippen LogP contribution >= 0.6 is 0 Å². The fourth-order valence-corrected chi connectivity index (χ4v) is 4.70. The van der Waals surface area contributed by atoms with Crippen LogP contribution in [0.4, 0.5) is 23.9 Å². The van der Waals surface area contributed by atoms with Gasteiger partial charge in [-0.1, -0.05) is 6.07 Å². The molecular weight excluding hydrogens is 463 g/mol. The van der Waals surface area contributed by atoms with Gasteiger partial charge in [0.05, 0.1) is 11.6 Å². The molecule has 8 nitrogen and oxygen atoms in total. The molecule has 1 aromatic carbocycles. The molecule has 1 saturated heterocycles. The Labute approximate surface area is 202 Å². The number of nitrogens with zero attached hydrogens (tertiary/aromatic N) is 4. The van der Waals surface area contributed by atoms with Gasteiger partial charge in [-0.2, -0.15) is 18.2 Å². The lowest BCUT2D eigenvalue weighted by atomic mass is 9.92. The second kappa shape index (κ2) is 9.23. The van der Waals surface area contributed by atoms with Gasteiger partial charge in [-0.3, -0.25) is 0 Å². The minimum atomic E-state index is -4.47. The van der Waals surface area contributed by atoms with Crippen molar-refractivity contribution in [1.29, 1.82) is 0 Å². The van der Waals surface area contributed by atoms with Crippen LogP contribution in [0.1, 0.15) is 59.1 Å². The van der Waals surface area contributed by atoms with E-state index in [0.717, 1.165) is 25.0 Å². The molecule has 1 amide bonds. The summed E-state index contributed by atoms with van der Waals surface area (Å²) in [6.07, 6.45) is -2.82. The molecule has 2 aliphatic rings. The second-order valence-corrected chi connectivity index (χ2v) is 10.5. The van der Waals surface area contributed by atoms with E-state index < -0.39 is 17.3 Å².